The van der Waals surface area contributed by atoms with Gasteiger partial charge in [0.15, 0.2) is 5.96 Å². The van der Waals surface area contributed by atoms with Gasteiger partial charge >= 0.3 is 0 Å². The first-order chi connectivity index (χ1) is 25.3. The summed E-state index contributed by atoms with van der Waals surface area (Å²) in [4.78, 5) is 31.8. The lowest BCUT2D eigenvalue weighted by Crippen LogP contribution is -2.52. The summed E-state index contributed by atoms with van der Waals surface area (Å²) in [5, 5.41) is 2.78. The normalized spacial score (nSPS) is 12.6. The molecule has 0 heterocycles. The van der Waals surface area contributed by atoms with Crippen molar-refractivity contribution in [3.05, 3.63) is 12.2 Å². The number of guanidine groups is 1. The van der Waals surface area contributed by atoms with Gasteiger partial charge < -0.3 is 33.2 Å². The molecule has 0 aliphatic rings. The van der Waals surface area contributed by atoms with Crippen molar-refractivity contribution >= 4 is 17.8 Å². The van der Waals surface area contributed by atoms with Gasteiger partial charge in [0.25, 0.3) is 0 Å². The van der Waals surface area contributed by atoms with Gasteiger partial charge in [-0.25, -0.2) is 0 Å². The molecule has 0 bridgehead atoms. The summed E-state index contributed by atoms with van der Waals surface area (Å²) < 4.78 is 0. The summed E-state index contributed by atoms with van der Waals surface area (Å²) in [5.41, 5.74) is 23.1. The fourth-order valence-corrected chi connectivity index (χ4v) is 6.69. The van der Waals surface area contributed by atoms with Crippen molar-refractivity contribution in [1.82, 2.24) is 10.2 Å². The number of hydrogen-bond donors (Lipinski definition) is 5. The van der Waals surface area contributed by atoms with Crippen LogP contribution in [0.2, 0.25) is 0 Å². The molecule has 0 saturated heterocycles. The molecule has 2 atom stereocenters. The molecule has 0 aliphatic carbocycles. The monoisotopic (exact) mass is 734 g/mol. The number of carbonyl (C=O) groups is 2. The maximum absolute atomic E-state index is 13.4. The lowest BCUT2D eigenvalue weighted by Gasteiger charge is -2.26. The summed E-state index contributed by atoms with van der Waals surface area (Å²) in [5.74, 6) is -0.359. The number of nitrogens with one attached hydrogen (secondary N) is 1. The van der Waals surface area contributed by atoms with Gasteiger partial charge in [-0.3, -0.25) is 14.6 Å². The molecule has 1 unspecified atom stereocenters. The van der Waals surface area contributed by atoms with Crippen molar-refractivity contribution in [2.45, 2.75) is 219 Å². The van der Waals surface area contributed by atoms with Crippen molar-refractivity contribution in [3.8, 4) is 0 Å². The third-order valence-electron chi connectivity index (χ3n) is 10.2. The van der Waals surface area contributed by atoms with E-state index in [9.17, 15) is 9.59 Å². The first-order valence-electron chi connectivity index (χ1n) is 22.1. The minimum atomic E-state index is -0.779. The zero-order chi connectivity index (χ0) is 38.3. The Bertz CT molecular complexity index is 862. The van der Waals surface area contributed by atoms with Crippen LogP contribution in [0.5, 0.6) is 0 Å². The first kappa shape index (κ1) is 49.9. The molecule has 9 heteroatoms. The lowest BCUT2D eigenvalue weighted by molar-refractivity contribution is -0.133. The minimum Gasteiger partial charge on any atom is -0.370 e. The van der Waals surface area contributed by atoms with Crippen molar-refractivity contribution < 1.29 is 9.59 Å². The summed E-state index contributed by atoms with van der Waals surface area (Å²) in [6.45, 7) is 6.51. The zero-order valence-electron chi connectivity index (χ0n) is 34.4. The van der Waals surface area contributed by atoms with E-state index in [1.807, 2.05) is 4.90 Å². The summed E-state index contributed by atoms with van der Waals surface area (Å²) in [7, 11) is 0. The predicted octanol–water partition coefficient (Wildman–Crippen LogP) is 9.16. The molecule has 0 aromatic rings. The van der Waals surface area contributed by atoms with Gasteiger partial charge in [-0.15, -0.1) is 0 Å². The van der Waals surface area contributed by atoms with Crippen molar-refractivity contribution in [2.24, 2.45) is 27.9 Å². The van der Waals surface area contributed by atoms with E-state index in [-0.39, 0.29) is 24.3 Å². The van der Waals surface area contributed by atoms with Crippen LogP contribution >= 0.6 is 0 Å². The number of allylic oxidation sites excluding steroid dienone is 2. The fourth-order valence-electron chi connectivity index (χ4n) is 6.69. The van der Waals surface area contributed by atoms with Crippen molar-refractivity contribution in [3.63, 3.8) is 0 Å². The molecule has 306 valence electrons. The molecule has 9 N–H and O–H groups in total. The number of hydrogen-bond acceptors (Lipinski definition) is 5. The van der Waals surface area contributed by atoms with Crippen molar-refractivity contribution in [2.75, 3.05) is 26.2 Å². The SMILES string of the molecule is CCCCCCCC/C=C\CCCCCCCCN(CCCCCCCCCCCCCCCC)C(=O)[C@H](N)CNC(=O)C(N)CCCN=C(N)N. The topological polar surface area (TPSA) is 166 Å². The number of carbonyl (C=O) groups excluding carboxylic acids is 2. The molecule has 52 heavy (non-hydrogen) atoms. The Morgan fingerprint density at radius 2 is 0.942 bits per heavy atom. The fraction of sp³-hybridized carbons (Fsp3) is 0.884. The zero-order valence-corrected chi connectivity index (χ0v) is 34.4. The quantitative estimate of drug-likeness (QED) is 0.0183. The Balaban J connectivity index is 4.44. The largest absolute Gasteiger partial charge is 0.370 e. The highest BCUT2D eigenvalue weighted by molar-refractivity contribution is 5.85. The van der Waals surface area contributed by atoms with E-state index in [2.05, 4.69) is 36.3 Å². The van der Waals surface area contributed by atoms with Gasteiger partial charge in [0, 0.05) is 26.2 Å². The van der Waals surface area contributed by atoms with Crippen LogP contribution < -0.4 is 28.3 Å². The Hall–Kier alpha value is -2.13. The Morgan fingerprint density at radius 3 is 1.35 bits per heavy atom. The second-order valence-electron chi connectivity index (χ2n) is 15.3. The van der Waals surface area contributed by atoms with E-state index in [4.69, 9.17) is 22.9 Å². The molecule has 0 saturated carbocycles. The van der Waals surface area contributed by atoms with Gasteiger partial charge in [0.2, 0.25) is 11.8 Å². The van der Waals surface area contributed by atoms with Crippen LogP contribution in [-0.4, -0.2) is 60.9 Å². The highest BCUT2D eigenvalue weighted by atomic mass is 16.2. The molecule has 0 aromatic heterocycles. The maximum Gasteiger partial charge on any atom is 0.241 e. The van der Waals surface area contributed by atoms with Crippen LogP contribution in [-0.2, 0) is 9.59 Å². The smallest absolute Gasteiger partial charge is 0.241 e. The summed E-state index contributed by atoms with van der Waals surface area (Å²) >= 11 is 0. The van der Waals surface area contributed by atoms with E-state index >= 15 is 0 Å². The van der Waals surface area contributed by atoms with E-state index < -0.39 is 12.1 Å². The standard InChI is InChI=1S/C43H87N7O2/c1-3-5-7-9-11-13-15-17-19-20-22-24-26-28-30-32-37-50(36-31-29-27-25-23-21-18-16-14-12-10-8-6-4-2)42(52)40(45)38-49-41(51)39(44)34-33-35-48-43(46)47/h17,19,39-40H,3-16,18,20-38,44-45H2,1-2H3,(H,49,51)(H4,46,47,48)/b19-17-/t39?,40-/m1/s1. The minimum absolute atomic E-state index is 0.0263. The van der Waals surface area contributed by atoms with Gasteiger partial charge in [-0.05, 0) is 51.4 Å². The number of rotatable bonds is 39. The molecule has 0 aromatic carbocycles. The number of unbranched alkanes of at least 4 members (excludes halogenated alkanes) is 25. The van der Waals surface area contributed by atoms with E-state index in [1.165, 1.54) is 154 Å². The van der Waals surface area contributed by atoms with Crippen LogP contribution in [0.25, 0.3) is 0 Å². The summed E-state index contributed by atoms with van der Waals surface area (Å²) in [6, 6.07) is -1.47. The first-order valence-corrected chi connectivity index (χ1v) is 22.1. The van der Waals surface area contributed by atoms with Gasteiger partial charge in [0.1, 0.15) is 6.04 Å². The lowest BCUT2D eigenvalue weighted by atomic mass is 10.0. The maximum atomic E-state index is 13.4. The molecule has 2 amide bonds. The molecule has 0 rings (SSSR count). The Kier molecular flexibility index (Phi) is 37.0. The number of amides is 2. The van der Waals surface area contributed by atoms with Gasteiger partial charge in [-0.2, -0.15) is 0 Å². The third kappa shape index (κ3) is 33.7. The van der Waals surface area contributed by atoms with Crippen LogP contribution in [0.15, 0.2) is 17.1 Å². The molecule has 0 fully saturated rings. The van der Waals surface area contributed by atoms with E-state index in [0.717, 1.165) is 38.8 Å². The Morgan fingerprint density at radius 1 is 0.558 bits per heavy atom. The van der Waals surface area contributed by atoms with Crippen molar-refractivity contribution in [1.29, 1.82) is 0 Å². The van der Waals surface area contributed by atoms with Crippen LogP contribution in [0.3, 0.4) is 0 Å². The third-order valence-corrected chi connectivity index (χ3v) is 10.2. The number of aliphatic imine (C=N–C) groups is 1. The highest BCUT2D eigenvalue weighted by Crippen LogP contribution is 2.14. The number of nitrogens with zero attached hydrogens (tertiary/aromatic N) is 2. The molecule has 0 aliphatic heterocycles. The second kappa shape index (κ2) is 38.6. The van der Waals surface area contributed by atoms with Crippen LogP contribution in [0, 0.1) is 0 Å². The average molecular weight is 734 g/mol. The second-order valence-corrected chi connectivity index (χ2v) is 15.3. The molecule has 0 spiro atoms. The van der Waals surface area contributed by atoms with E-state index in [1.54, 1.807) is 0 Å². The molecule has 9 nitrogen and oxygen atoms in total. The average Bonchev–Trinajstić information content (AvgIpc) is 3.13. The van der Waals surface area contributed by atoms with Gasteiger partial charge in [-0.1, -0.05) is 167 Å². The van der Waals surface area contributed by atoms with Gasteiger partial charge in [0.05, 0.1) is 6.04 Å². The van der Waals surface area contributed by atoms with Crippen LogP contribution in [0.1, 0.15) is 206 Å². The predicted molar refractivity (Wildman–Crippen MR) is 225 cm³/mol. The Labute approximate surface area is 321 Å². The molecule has 0 radical (unpaired) electrons. The van der Waals surface area contributed by atoms with Crippen LogP contribution in [0.4, 0.5) is 0 Å². The molecular formula is C43H87N7O2. The molecular weight excluding hydrogens is 647 g/mol. The highest BCUT2D eigenvalue weighted by Gasteiger charge is 2.22. The summed E-state index contributed by atoms with van der Waals surface area (Å²) in [6.07, 6.45) is 41.8. The number of nitrogens with two attached hydrogens (primary N) is 4. The van der Waals surface area contributed by atoms with E-state index in [0.29, 0.717) is 19.4 Å².